The highest BCUT2D eigenvalue weighted by molar-refractivity contribution is 9.10. The lowest BCUT2D eigenvalue weighted by molar-refractivity contribution is 0.243. The van der Waals surface area contributed by atoms with E-state index in [1.54, 1.807) is 6.07 Å². The van der Waals surface area contributed by atoms with Crippen LogP contribution in [0.4, 0.5) is 0 Å². The van der Waals surface area contributed by atoms with Gasteiger partial charge in [0.15, 0.2) is 0 Å². The zero-order valence-electron chi connectivity index (χ0n) is 10.4. The van der Waals surface area contributed by atoms with Gasteiger partial charge in [-0.05, 0) is 39.2 Å². The summed E-state index contributed by atoms with van der Waals surface area (Å²) in [4.78, 5) is 0. The predicted octanol–water partition coefficient (Wildman–Crippen LogP) is 2.98. The van der Waals surface area contributed by atoms with Crippen molar-refractivity contribution in [3.8, 4) is 5.75 Å². The van der Waals surface area contributed by atoms with Crippen molar-refractivity contribution in [2.45, 2.75) is 12.6 Å². The van der Waals surface area contributed by atoms with Crippen LogP contribution in [0.1, 0.15) is 17.2 Å². The molecule has 0 unspecified atom stereocenters. The molecule has 0 heterocycles. The Morgan fingerprint density at radius 1 is 1.11 bits per heavy atom. The first-order valence-corrected chi connectivity index (χ1v) is 6.86. The molecule has 2 rings (SSSR count). The molecular formula is C15H16BrNO2. The monoisotopic (exact) mass is 321 g/mol. The highest BCUT2D eigenvalue weighted by Crippen LogP contribution is 2.24. The second-order valence-electron chi connectivity index (χ2n) is 4.31. The lowest BCUT2D eigenvalue weighted by Gasteiger charge is -2.17. The number of rotatable bonds is 5. The summed E-state index contributed by atoms with van der Waals surface area (Å²) >= 11 is 3.29. The van der Waals surface area contributed by atoms with E-state index in [0.717, 1.165) is 11.1 Å². The number of hydrogen-bond donors (Lipinski definition) is 3. The summed E-state index contributed by atoms with van der Waals surface area (Å²) in [5.41, 5.74) is 2.10. The van der Waals surface area contributed by atoms with E-state index in [1.165, 1.54) is 0 Å². The smallest absolute Gasteiger partial charge is 0.129 e. The van der Waals surface area contributed by atoms with Gasteiger partial charge >= 0.3 is 0 Å². The number of hydrogen-bond acceptors (Lipinski definition) is 3. The number of aliphatic hydroxyl groups is 1. The molecule has 100 valence electrons. The summed E-state index contributed by atoms with van der Waals surface area (Å²) in [6.45, 7) is 0.669. The first-order valence-electron chi connectivity index (χ1n) is 6.07. The second kappa shape index (κ2) is 6.70. The molecule has 1 atom stereocenters. The van der Waals surface area contributed by atoms with Gasteiger partial charge in [0.1, 0.15) is 5.75 Å². The topological polar surface area (TPSA) is 52.5 Å². The van der Waals surface area contributed by atoms with Crippen molar-refractivity contribution in [1.82, 2.24) is 5.32 Å². The Kier molecular flexibility index (Phi) is 4.96. The molecule has 0 bridgehead atoms. The Morgan fingerprint density at radius 3 is 2.47 bits per heavy atom. The van der Waals surface area contributed by atoms with Crippen molar-refractivity contribution in [3.63, 3.8) is 0 Å². The average Bonchev–Trinajstić information content (AvgIpc) is 2.44. The lowest BCUT2D eigenvalue weighted by Crippen LogP contribution is -2.23. The van der Waals surface area contributed by atoms with Crippen LogP contribution in [-0.2, 0) is 6.54 Å². The van der Waals surface area contributed by atoms with E-state index in [2.05, 4.69) is 21.2 Å². The fourth-order valence-corrected chi connectivity index (χ4v) is 2.30. The van der Waals surface area contributed by atoms with Crippen molar-refractivity contribution in [2.75, 3.05) is 6.61 Å². The zero-order valence-corrected chi connectivity index (χ0v) is 12.0. The molecule has 3 N–H and O–H groups in total. The van der Waals surface area contributed by atoms with Gasteiger partial charge in [-0.15, -0.1) is 0 Å². The van der Waals surface area contributed by atoms with Crippen LogP contribution in [0.5, 0.6) is 5.75 Å². The van der Waals surface area contributed by atoms with E-state index >= 15 is 0 Å². The van der Waals surface area contributed by atoms with Crippen molar-refractivity contribution < 1.29 is 10.2 Å². The van der Waals surface area contributed by atoms with Crippen LogP contribution in [-0.4, -0.2) is 16.8 Å². The Morgan fingerprint density at radius 2 is 1.84 bits per heavy atom. The normalized spacial score (nSPS) is 12.3. The van der Waals surface area contributed by atoms with E-state index in [1.807, 2.05) is 42.5 Å². The minimum atomic E-state index is -0.0891. The molecule has 0 fully saturated rings. The predicted molar refractivity (Wildman–Crippen MR) is 78.9 cm³/mol. The Labute approximate surface area is 121 Å². The Balaban J connectivity index is 2.02. The number of aromatic hydroxyl groups is 1. The number of nitrogens with one attached hydrogen (secondary N) is 1. The maximum atomic E-state index is 9.44. The molecule has 0 aliphatic carbocycles. The molecule has 0 saturated carbocycles. The molecule has 0 aromatic heterocycles. The van der Waals surface area contributed by atoms with Gasteiger partial charge in [0, 0.05) is 6.54 Å². The molecule has 0 amide bonds. The number of phenolic OH excluding ortho intramolecular Hbond substituents is 1. The lowest BCUT2D eigenvalue weighted by atomic mass is 10.1. The van der Waals surface area contributed by atoms with Crippen LogP contribution >= 0.6 is 15.9 Å². The van der Waals surface area contributed by atoms with Crippen molar-refractivity contribution in [1.29, 1.82) is 0 Å². The second-order valence-corrected chi connectivity index (χ2v) is 5.17. The molecule has 3 nitrogen and oxygen atoms in total. The van der Waals surface area contributed by atoms with Crippen LogP contribution in [0.15, 0.2) is 53.0 Å². The molecule has 4 heteroatoms. The number of benzene rings is 2. The van der Waals surface area contributed by atoms with Crippen LogP contribution in [0.3, 0.4) is 0 Å². The van der Waals surface area contributed by atoms with Gasteiger partial charge in [-0.1, -0.05) is 36.4 Å². The number of halogens is 1. The third kappa shape index (κ3) is 3.80. The van der Waals surface area contributed by atoms with Crippen LogP contribution in [0.25, 0.3) is 0 Å². The van der Waals surface area contributed by atoms with Crippen LogP contribution in [0, 0.1) is 0 Å². The molecule has 0 spiro atoms. The van der Waals surface area contributed by atoms with E-state index < -0.39 is 0 Å². The van der Waals surface area contributed by atoms with Crippen molar-refractivity contribution in [2.24, 2.45) is 0 Å². The standard InChI is InChI=1S/C15H16BrNO2/c16-13-8-11(6-7-15(13)19)9-17-14(10-18)12-4-2-1-3-5-12/h1-8,14,17-19H,9-10H2/t14-/m0/s1. The van der Waals surface area contributed by atoms with E-state index in [0.29, 0.717) is 11.0 Å². The summed E-state index contributed by atoms with van der Waals surface area (Å²) in [5.74, 6) is 0.227. The molecular weight excluding hydrogens is 306 g/mol. The van der Waals surface area contributed by atoms with Crippen molar-refractivity contribution >= 4 is 15.9 Å². The quantitative estimate of drug-likeness (QED) is 0.793. The maximum Gasteiger partial charge on any atom is 0.129 e. The SMILES string of the molecule is OC[C@H](NCc1ccc(O)c(Br)c1)c1ccccc1. The maximum absolute atomic E-state index is 9.44. The highest BCUT2D eigenvalue weighted by atomic mass is 79.9. The summed E-state index contributed by atoms with van der Waals surface area (Å²) in [7, 11) is 0. The zero-order chi connectivity index (χ0) is 13.7. The van der Waals surface area contributed by atoms with Crippen LogP contribution < -0.4 is 5.32 Å². The van der Waals surface area contributed by atoms with Gasteiger partial charge in [0.25, 0.3) is 0 Å². The van der Waals surface area contributed by atoms with Gasteiger partial charge in [-0.25, -0.2) is 0 Å². The first-order chi connectivity index (χ1) is 9.20. The van der Waals surface area contributed by atoms with E-state index in [9.17, 15) is 10.2 Å². The molecule has 0 aliphatic heterocycles. The van der Waals surface area contributed by atoms with Crippen molar-refractivity contribution in [3.05, 3.63) is 64.1 Å². The Hall–Kier alpha value is -1.36. The highest BCUT2D eigenvalue weighted by Gasteiger charge is 2.09. The largest absolute Gasteiger partial charge is 0.507 e. The minimum Gasteiger partial charge on any atom is -0.507 e. The minimum absolute atomic E-state index is 0.0449. The summed E-state index contributed by atoms with van der Waals surface area (Å²) in [6, 6.07) is 15.1. The molecule has 0 saturated heterocycles. The molecule has 2 aromatic rings. The van der Waals surface area contributed by atoms with Crippen LogP contribution in [0.2, 0.25) is 0 Å². The molecule has 0 aliphatic rings. The molecule has 19 heavy (non-hydrogen) atoms. The summed E-state index contributed by atoms with van der Waals surface area (Å²) in [6.07, 6.45) is 0. The first kappa shape index (κ1) is 14.1. The van der Waals surface area contributed by atoms with Gasteiger partial charge in [0.2, 0.25) is 0 Å². The summed E-state index contributed by atoms with van der Waals surface area (Å²) < 4.78 is 0.673. The van der Waals surface area contributed by atoms with Gasteiger partial charge in [0.05, 0.1) is 17.1 Å². The van der Waals surface area contributed by atoms with E-state index in [-0.39, 0.29) is 18.4 Å². The van der Waals surface area contributed by atoms with Gasteiger partial charge in [-0.2, -0.15) is 0 Å². The fraction of sp³-hybridized carbons (Fsp3) is 0.200. The van der Waals surface area contributed by atoms with Gasteiger partial charge in [-0.3, -0.25) is 0 Å². The fourth-order valence-electron chi connectivity index (χ4n) is 1.87. The van der Waals surface area contributed by atoms with Gasteiger partial charge < -0.3 is 15.5 Å². The summed E-state index contributed by atoms with van der Waals surface area (Å²) in [5, 5.41) is 22.2. The van der Waals surface area contributed by atoms with E-state index in [4.69, 9.17) is 0 Å². The average molecular weight is 322 g/mol. The number of phenols is 1. The molecule has 2 aromatic carbocycles. The third-order valence-electron chi connectivity index (χ3n) is 2.95. The third-order valence-corrected chi connectivity index (χ3v) is 3.58. The number of aliphatic hydroxyl groups excluding tert-OH is 1. The molecule has 0 radical (unpaired) electrons. The Bertz CT molecular complexity index is 531.